The maximum atomic E-state index is 2.43. The molecular weight excluding hydrogens is 544 g/mol. The van der Waals surface area contributed by atoms with Gasteiger partial charge in [0.1, 0.15) is 0 Å². The molecule has 0 atom stereocenters. The van der Waals surface area contributed by atoms with Crippen molar-refractivity contribution < 1.29 is 0 Å². The van der Waals surface area contributed by atoms with Gasteiger partial charge in [0, 0.05) is 38.8 Å². The van der Waals surface area contributed by atoms with Gasteiger partial charge in [0.2, 0.25) is 0 Å². The summed E-state index contributed by atoms with van der Waals surface area (Å²) in [7, 11) is 0. The zero-order chi connectivity index (χ0) is 29.5. The quantitative estimate of drug-likeness (QED) is 0.199. The molecule has 0 spiro atoms. The highest BCUT2D eigenvalue weighted by atomic mass is 15.0. The normalized spacial score (nSPS) is 12.8. The maximum Gasteiger partial charge on any atom is 0.0541 e. The van der Waals surface area contributed by atoms with Gasteiger partial charge in [-0.25, -0.2) is 0 Å². The van der Waals surface area contributed by atoms with E-state index in [2.05, 4.69) is 173 Å². The van der Waals surface area contributed by atoms with E-state index in [0.717, 1.165) is 0 Å². The first-order valence-corrected chi connectivity index (χ1v) is 15.7. The van der Waals surface area contributed by atoms with Gasteiger partial charge >= 0.3 is 0 Å². The van der Waals surface area contributed by atoms with Crippen LogP contribution < -0.4 is 0 Å². The van der Waals surface area contributed by atoms with E-state index >= 15 is 0 Å². The molecule has 0 N–H and O–H groups in total. The van der Waals surface area contributed by atoms with Crippen LogP contribution >= 0.6 is 0 Å². The fourth-order valence-electron chi connectivity index (χ4n) is 7.91. The number of rotatable bonds is 3. The van der Waals surface area contributed by atoms with Crippen LogP contribution in [0.3, 0.4) is 0 Å². The zero-order valence-electron chi connectivity index (χ0n) is 24.6. The maximum absolute atomic E-state index is 2.43. The van der Waals surface area contributed by atoms with Crippen LogP contribution in [0, 0.1) is 0 Å². The Kier molecular flexibility index (Phi) is 5.09. The second kappa shape index (κ2) is 9.32. The molecule has 0 saturated carbocycles. The van der Waals surface area contributed by atoms with Gasteiger partial charge in [0.15, 0.2) is 0 Å². The minimum Gasteiger partial charge on any atom is -0.309 e. The molecule has 7 aromatic carbocycles. The Labute approximate surface area is 261 Å². The first-order valence-electron chi connectivity index (χ1n) is 15.7. The third-order valence-electron chi connectivity index (χ3n) is 9.80. The van der Waals surface area contributed by atoms with E-state index in [1.54, 1.807) is 0 Å². The number of hydrogen-bond donors (Lipinski definition) is 0. The lowest BCUT2D eigenvalue weighted by atomic mass is 9.89. The SMILES string of the molecule is c1ccc(C2c3ccc(-n4c5ccccc5c5ccccc54)cc3-c3cc(-n4c5ccccc5c5ccccc54)ccc32)cc1. The van der Waals surface area contributed by atoms with Crippen molar-refractivity contribution in [2.45, 2.75) is 5.92 Å². The number of para-hydroxylation sites is 4. The van der Waals surface area contributed by atoms with Crippen molar-refractivity contribution in [3.63, 3.8) is 0 Å². The largest absolute Gasteiger partial charge is 0.309 e. The van der Waals surface area contributed by atoms with E-state index in [1.165, 1.54) is 82.8 Å². The van der Waals surface area contributed by atoms with E-state index in [4.69, 9.17) is 0 Å². The zero-order valence-corrected chi connectivity index (χ0v) is 24.6. The molecule has 0 bridgehead atoms. The summed E-state index contributed by atoms with van der Waals surface area (Å²) < 4.78 is 4.86. The average molecular weight is 573 g/mol. The van der Waals surface area contributed by atoms with Crippen LogP contribution in [-0.2, 0) is 0 Å². The summed E-state index contributed by atoms with van der Waals surface area (Å²) in [5, 5.41) is 5.13. The molecule has 0 saturated heterocycles. The molecule has 10 rings (SSSR count). The summed E-state index contributed by atoms with van der Waals surface area (Å²) in [5.74, 6) is 0.190. The van der Waals surface area contributed by atoms with Gasteiger partial charge in [-0.2, -0.15) is 0 Å². The third-order valence-corrected chi connectivity index (χ3v) is 9.80. The average Bonchev–Trinajstić information content (AvgIpc) is 3.74. The molecule has 0 unspecified atom stereocenters. The number of hydrogen-bond acceptors (Lipinski definition) is 0. The van der Waals surface area contributed by atoms with Gasteiger partial charge < -0.3 is 9.13 Å². The van der Waals surface area contributed by atoms with Crippen molar-refractivity contribution >= 4 is 43.6 Å². The lowest BCUT2D eigenvalue weighted by Crippen LogP contribution is -2.00. The Morgan fingerprint density at radius 2 is 0.689 bits per heavy atom. The molecule has 9 aromatic rings. The molecule has 1 aliphatic rings. The molecule has 0 amide bonds. The Hall–Kier alpha value is -5.86. The number of aromatic nitrogens is 2. The molecule has 2 nitrogen and oxygen atoms in total. The second-order valence-electron chi connectivity index (χ2n) is 12.1. The topological polar surface area (TPSA) is 9.86 Å². The fourth-order valence-corrected chi connectivity index (χ4v) is 7.91. The van der Waals surface area contributed by atoms with Gasteiger partial charge in [0.25, 0.3) is 0 Å². The van der Waals surface area contributed by atoms with Crippen LogP contribution in [0.4, 0.5) is 0 Å². The molecule has 2 heteroatoms. The highest BCUT2D eigenvalue weighted by Crippen LogP contribution is 2.50. The highest BCUT2D eigenvalue weighted by Gasteiger charge is 2.31. The summed E-state index contributed by atoms with van der Waals surface area (Å²) in [6.07, 6.45) is 0. The van der Waals surface area contributed by atoms with Gasteiger partial charge in [-0.05, 0) is 76.3 Å². The molecular formula is C43H28N2. The van der Waals surface area contributed by atoms with E-state index in [0.29, 0.717) is 0 Å². The summed E-state index contributed by atoms with van der Waals surface area (Å²) in [6.45, 7) is 0. The van der Waals surface area contributed by atoms with Crippen molar-refractivity contribution in [1.82, 2.24) is 9.13 Å². The van der Waals surface area contributed by atoms with Gasteiger partial charge in [-0.1, -0.05) is 115 Å². The van der Waals surface area contributed by atoms with Crippen molar-refractivity contribution in [1.29, 1.82) is 0 Å². The lowest BCUT2D eigenvalue weighted by molar-refractivity contribution is 1.01. The van der Waals surface area contributed by atoms with Crippen LogP contribution in [0.5, 0.6) is 0 Å². The predicted octanol–water partition coefficient (Wildman–Crippen LogP) is 11.0. The summed E-state index contributed by atoms with van der Waals surface area (Å²) in [4.78, 5) is 0. The molecule has 2 aromatic heterocycles. The summed E-state index contributed by atoms with van der Waals surface area (Å²) >= 11 is 0. The van der Waals surface area contributed by atoms with Crippen molar-refractivity contribution in [2.75, 3.05) is 0 Å². The molecule has 1 aliphatic carbocycles. The predicted molar refractivity (Wildman–Crippen MR) is 188 cm³/mol. The molecule has 2 heterocycles. The standard InChI is InChI=1S/C43H28N2/c1-2-12-28(13-3-1)43-35-24-22-29(44-39-18-8-4-14-31(39)32-15-5-9-19-40(32)44)26-37(35)38-27-30(23-25-36(38)43)45-41-20-10-6-16-33(41)34-17-7-11-21-42(34)45/h1-27,43H. The van der Waals surface area contributed by atoms with Crippen LogP contribution in [0.2, 0.25) is 0 Å². The molecule has 210 valence electrons. The van der Waals surface area contributed by atoms with Gasteiger partial charge in [-0.15, -0.1) is 0 Å². The third kappa shape index (κ3) is 3.45. The van der Waals surface area contributed by atoms with Crippen molar-refractivity contribution in [3.8, 4) is 22.5 Å². The fraction of sp³-hybridized carbons (Fsp3) is 0.0233. The van der Waals surface area contributed by atoms with Crippen molar-refractivity contribution in [3.05, 3.63) is 180 Å². The minimum atomic E-state index is 0.190. The monoisotopic (exact) mass is 572 g/mol. The van der Waals surface area contributed by atoms with Crippen LogP contribution in [0.25, 0.3) is 66.1 Å². The molecule has 0 aliphatic heterocycles. The van der Waals surface area contributed by atoms with E-state index in [1.807, 2.05) is 0 Å². The smallest absolute Gasteiger partial charge is 0.0541 e. The Bertz CT molecular complexity index is 2330. The number of benzene rings is 7. The second-order valence-corrected chi connectivity index (χ2v) is 12.1. The van der Waals surface area contributed by atoms with Gasteiger partial charge in [-0.3, -0.25) is 0 Å². The van der Waals surface area contributed by atoms with E-state index < -0.39 is 0 Å². The molecule has 0 fully saturated rings. The molecule has 0 radical (unpaired) electrons. The summed E-state index contributed by atoms with van der Waals surface area (Å²) in [6, 6.07) is 60.2. The van der Waals surface area contributed by atoms with E-state index in [-0.39, 0.29) is 5.92 Å². The highest BCUT2D eigenvalue weighted by molar-refractivity contribution is 6.10. The Morgan fingerprint density at radius 3 is 1.09 bits per heavy atom. The Morgan fingerprint density at radius 1 is 0.333 bits per heavy atom. The first kappa shape index (κ1) is 24.6. The summed E-state index contributed by atoms with van der Waals surface area (Å²) in [5.41, 5.74) is 14.0. The van der Waals surface area contributed by atoms with Gasteiger partial charge in [0.05, 0.1) is 22.1 Å². The van der Waals surface area contributed by atoms with Crippen molar-refractivity contribution in [2.24, 2.45) is 0 Å². The first-order chi connectivity index (χ1) is 22.3. The van der Waals surface area contributed by atoms with Crippen LogP contribution in [0.15, 0.2) is 164 Å². The Balaban J connectivity index is 1.25. The minimum absolute atomic E-state index is 0.190. The van der Waals surface area contributed by atoms with Crippen LogP contribution in [0.1, 0.15) is 22.6 Å². The molecule has 45 heavy (non-hydrogen) atoms. The van der Waals surface area contributed by atoms with E-state index in [9.17, 15) is 0 Å². The number of nitrogens with zero attached hydrogens (tertiary/aromatic N) is 2. The lowest BCUT2D eigenvalue weighted by Gasteiger charge is -2.15. The number of fused-ring (bicyclic) bond motifs is 9. The van der Waals surface area contributed by atoms with Crippen LogP contribution in [-0.4, -0.2) is 9.13 Å².